The molecule has 0 aliphatic heterocycles. The van der Waals surface area contributed by atoms with Gasteiger partial charge in [0.05, 0.1) is 12.7 Å². The number of hydrogen-bond donors (Lipinski definition) is 1. The van der Waals surface area contributed by atoms with Crippen LogP contribution < -0.4 is 10.1 Å². The van der Waals surface area contributed by atoms with Crippen molar-refractivity contribution < 1.29 is 4.74 Å². The maximum absolute atomic E-state index is 8.49. The number of nitrogens with zero attached hydrogens (tertiary/aromatic N) is 1. The third kappa shape index (κ3) is 6.47. The maximum atomic E-state index is 8.49. The summed E-state index contributed by atoms with van der Waals surface area (Å²) in [6.07, 6.45) is 1.27. The number of hydrogen-bond acceptors (Lipinski definition) is 3. The van der Waals surface area contributed by atoms with Gasteiger partial charge in [-0.2, -0.15) is 5.26 Å². The Kier molecular flexibility index (Phi) is 7.32. The maximum Gasteiger partial charge on any atom is 0.123 e. The van der Waals surface area contributed by atoms with Gasteiger partial charge >= 0.3 is 0 Å². The van der Waals surface area contributed by atoms with Crippen molar-refractivity contribution in [2.45, 2.75) is 33.2 Å². The highest BCUT2D eigenvalue weighted by atomic mass is 35.5. The third-order valence-electron chi connectivity index (χ3n) is 2.58. The molecule has 0 aliphatic rings. The highest BCUT2D eigenvalue weighted by Crippen LogP contribution is 2.23. The van der Waals surface area contributed by atoms with Crippen LogP contribution in [0.1, 0.15) is 32.3 Å². The van der Waals surface area contributed by atoms with Gasteiger partial charge in [0.2, 0.25) is 0 Å². The van der Waals surface area contributed by atoms with Gasteiger partial charge in [-0.05, 0) is 37.1 Å². The lowest BCUT2D eigenvalue weighted by atomic mass is 10.1. The van der Waals surface area contributed by atoms with Crippen molar-refractivity contribution >= 4 is 11.6 Å². The van der Waals surface area contributed by atoms with Crippen molar-refractivity contribution in [3.05, 3.63) is 28.8 Å². The Morgan fingerprint density at radius 3 is 2.89 bits per heavy atom. The molecule has 0 atom stereocenters. The Labute approximate surface area is 120 Å². The Morgan fingerprint density at radius 2 is 2.21 bits per heavy atom. The molecule has 0 fully saturated rings. The predicted octanol–water partition coefficient (Wildman–Crippen LogP) is 3.77. The highest BCUT2D eigenvalue weighted by molar-refractivity contribution is 6.30. The molecular formula is C15H21ClN2O. The minimum Gasteiger partial charge on any atom is -0.493 e. The number of unbranched alkanes of at least 4 members (excludes halogenated alkanes) is 1. The van der Waals surface area contributed by atoms with Crippen molar-refractivity contribution in [3.8, 4) is 11.8 Å². The average molecular weight is 281 g/mol. The van der Waals surface area contributed by atoms with Crippen molar-refractivity contribution in [2.24, 2.45) is 5.92 Å². The van der Waals surface area contributed by atoms with E-state index in [1.165, 1.54) is 0 Å². The number of benzene rings is 1. The van der Waals surface area contributed by atoms with Gasteiger partial charge in [-0.25, -0.2) is 0 Å². The van der Waals surface area contributed by atoms with E-state index in [0.717, 1.165) is 30.8 Å². The molecule has 0 heterocycles. The number of rotatable bonds is 8. The second-order valence-corrected chi connectivity index (χ2v) is 5.32. The van der Waals surface area contributed by atoms with Crippen molar-refractivity contribution in [1.82, 2.24) is 5.32 Å². The van der Waals surface area contributed by atoms with Gasteiger partial charge in [0.25, 0.3) is 0 Å². The zero-order chi connectivity index (χ0) is 14.1. The van der Waals surface area contributed by atoms with Gasteiger partial charge in [0.1, 0.15) is 5.75 Å². The van der Waals surface area contributed by atoms with Gasteiger partial charge in [0, 0.05) is 23.6 Å². The minimum absolute atomic E-state index is 0.522. The lowest BCUT2D eigenvalue weighted by molar-refractivity contribution is 0.308. The Hall–Kier alpha value is -1.24. The first kappa shape index (κ1) is 15.8. The van der Waals surface area contributed by atoms with E-state index in [2.05, 4.69) is 25.2 Å². The van der Waals surface area contributed by atoms with Crippen molar-refractivity contribution in [2.75, 3.05) is 13.2 Å². The molecule has 3 nitrogen and oxygen atoms in total. The highest BCUT2D eigenvalue weighted by Gasteiger charge is 2.05. The van der Waals surface area contributed by atoms with Crippen LogP contribution in [0.25, 0.3) is 0 Å². The summed E-state index contributed by atoms with van der Waals surface area (Å²) < 4.78 is 5.70. The lowest BCUT2D eigenvalue weighted by Crippen LogP contribution is -2.19. The number of ether oxygens (including phenoxy) is 1. The Morgan fingerprint density at radius 1 is 1.42 bits per heavy atom. The zero-order valence-corrected chi connectivity index (χ0v) is 12.3. The van der Waals surface area contributed by atoms with E-state index in [-0.39, 0.29) is 0 Å². The smallest absolute Gasteiger partial charge is 0.123 e. The predicted molar refractivity (Wildman–Crippen MR) is 78.3 cm³/mol. The topological polar surface area (TPSA) is 45.0 Å². The van der Waals surface area contributed by atoms with Crippen LogP contribution >= 0.6 is 11.6 Å². The summed E-state index contributed by atoms with van der Waals surface area (Å²) in [5.41, 5.74) is 1.06. The van der Waals surface area contributed by atoms with Crippen molar-refractivity contribution in [3.63, 3.8) is 0 Å². The molecule has 4 heteroatoms. The molecule has 1 rings (SSSR count). The summed E-state index contributed by atoms with van der Waals surface area (Å²) in [5, 5.41) is 12.6. The Balaban J connectivity index is 2.56. The quantitative estimate of drug-likeness (QED) is 0.737. The Bertz CT molecular complexity index is 427. The number of halogens is 1. The van der Waals surface area contributed by atoms with E-state index in [9.17, 15) is 0 Å². The molecular weight excluding hydrogens is 260 g/mol. The zero-order valence-electron chi connectivity index (χ0n) is 11.6. The third-order valence-corrected chi connectivity index (χ3v) is 2.82. The van der Waals surface area contributed by atoms with Crippen LogP contribution in [0.3, 0.4) is 0 Å². The van der Waals surface area contributed by atoms with Crippen LogP contribution in [0.15, 0.2) is 18.2 Å². The molecule has 0 bridgehead atoms. The second kappa shape index (κ2) is 8.79. The molecule has 0 saturated carbocycles. The fourth-order valence-corrected chi connectivity index (χ4v) is 1.85. The van der Waals surface area contributed by atoms with Crippen LogP contribution in [0, 0.1) is 17.2 Å². The standard InChI is InChI=1S/C15H21ClN2O/c1-12(2)10-18-11-13-9-14(16)5-6-15(13)19-8-4-3-7-17/h5-6,9,12,18H,3-4,8,10-11H2,1-2H3. The molecule has 104 valence electrons. The molecule has 1 aromatic rings. The summed E-state index contributed by atoms with van der Waals surface area (Å²) in [4.78, 5) is 0. The SMILES string of the molecule is CC(C)CNCc1cc(Cl)ccc1OCCCC#N. The molecule has 0 radical (unpaired) electrons. The van der Waals surface area contributed by atoms with Crippen molar-refractivity contribution in [1.29, 1.82) is 5.26 Å². The molecule has 0 aliphatic carbocycles. The molecule has 1 N–H and O–H groups in total. The fourth-order valence-electron chi connectivity index (χ4n) is 1.66. The molecule has 0 amide bonds. The number of nitrogens with one attached hydrogen (secondary N) is 1. The molecule has 0 saturated heterocycles. The van der Waals surface area contributed by atoms with Gasteiger partial charge < -0.3 is 10.1 Å². The normalized spacial score (nSPS) is 10.5. The van der Waals surface area contributed by atoms with Gasteiger partial charge in [-0.3, -0.25) is 0 Å². The summed E-state index contributed by atoms with van der Waals surface area (Å²) in [7, 11) is 0. The molecule has 0 unspecified atom stereocenters. The van der Waals surface area contributed by atoms with Crippen LogP contribution in [0.5, 0.6) is 5.75 Å². The van der Waals surface area contributed by atoms with E-state index in [0.29, 0.717) is 24.0 Å². The minimum atomic E-state index is 0.522. The van der Waals surface area contributed by atoms with Gasteiger partial charge in [0.15, 0.2) is 0 Å². The van der Waals surface area contributed by atoms with E-state index in [1.54, 1.807) is 0 Å². The summed E-state index contributed by atoms with van der Waals surface area (Å²) in [6, 6.07) is 7.75. The molecule has 19 heavy (non-hydrogen) atoms. The summed E-state index contributed by atoms with van der Waals surface area (Å²) >= 11 is 6.02. The largest absolute Gasteiger partial charge is 0.493 e. The molecule has 1 aromatic carbocycles. The van der Waals surface area contributed by atoms with E-state index in [4.69, 9.17) is 21.6 Å². The van der Waals surface area contributed by atoms with Crippen LogP contribution in [-0.2, 0) is 6.54 Å². The van der Waals surface area contributed by atoms with E-state index in [1.807, 2.05) is 18.2 Å². The monoisotopic (exact) mass is 280 g/mol. The fraction of sp³-hybridized carbons (Fsp3) is 0.533. The van der Waals surface area contributed by atoms with E-state index < -0.39 is 0 Å². The first-order valence-electron chi connectivity index (χ1n) is 6.62. The summed E-state index contributed by atoms with van der Waals surface area (Å²) in [5.74, 6) is 1.46. The van der Waals surface area contributed by atoms with Crippen LogP contribution in [-0.4, -0.2) is 13.2 Å². The average Bonchev–Trinajstić information content (AvgIpc) is 2.36. The summed E-state index contributed by atoms with van der Waals surface area (Å²) in [6.45, 7) is 6.60. The number of nitriles is 1. The van der Waals surface area contributed by atoms with Crippen LogP contribution in [0.2, 0.25) is 5.02 Å². The van der Waals surface area contributed by atoms with Crippen LogP contribution in [0.4, 0.5) is 0 Å². The first-order chi connectivity index (χ1) is 9.13. The second-order valence-electron chi connectivity index (χ2n) is 4.89. The lowest BCUT2D eigenvalue weighted by Gasteiger charge is -2.13. The van der Waals surface area contributed by atoms with Gasteiger partial charge in [-0.15, -0.1) is 0 Å². The molecule has 0 aromatic heterocycles. The molecule has 0 spiro atoms. The van der Waals surface area contributed by atoms with Gasteiger partial charge in [-0.1, -0.05) is 25.4 Å². The van der Waals surface area contributed by atoms with E-state index >= 15 is 0 Å². The first-order valence-corrected chi connectivity index (χ1v) is 7.00.